The first kappa shape index (κ1) is 16.3. The first-order valence-electron chi connectivity index (χ1n) is 8.04. The fraction of sp³-hybridized carbons (Fsp3) is 0.158. The third-order valence-corrected chi connectivity index (χ3v) is 4.48. The number of fused-ring (bicyclic) bond motifs is 1. The van der Waals surface area contributed by atoms with Crippen molar-refractivity contribution in [1.29, 1.82) is 0 Å². The molecular weight excluding hydrogens is 340 g/mol. The molecule has 1 aliphatic heterocycles. The largest absolute Gasteiger partial charge is 0.497 e. The maximum atomic E-state index is 14.2. The molecule has 5 nitrogen and oxygen atoms in total. The summed E-state index contributed by atoms with van der Waals surface area (Å²) in [6.07, 6.45) is 1.86. The molecule has 2 aromatic carbocycles. The summed E-state index contributed by atoms with van der Waals surface area (Å²) in [6, 6.07) is 10.7. The van der Waals surface area contributed by atoms with Crippen LogP contribution in [0.2, 0.25) is 0 Å². The first-order valence-corrected chi connectivity index (χ1v) is 8.04. The molecule has 132 valence electrons. The van der Waals surface area contributed by atoms with Crippen molar-refractivity contribution in [3.05, 3.63) is 71.4 Å². The molecule has 0 spiro atoms. The van der Waals surface area contributed by atoms with Crippen LogP contribution in [-0.2, 0) is 4.79 Å². The highest BCUT2D eigenvalue weighted by Gasteiger charge is 2.30. The van der Waals surface area contributed by atoms with Gasteiger partial charge in [-0.2, -0.15) is 5.10 Å². The smallest absolute Gasteiger partial charge is 0.226 e. The van der Waals surface area contributed by atoms with E-state index < -0.39 is 11.6 Å². The third kappa shape index (κ3) is 2.71. The molecular formula is C19H15F2N3O2. The summed E-state index contributed by atoms with van der Waals surface area (Å²) in [5.74, 6) is -0.709. The topological polar surface area (TPSA) is 56.1 Å². The minimum Gasteiger partial charge on any atom is -0.497 e. The molecule has 3 aromatic rings. The summed E-state index contributed by atoms with van der Waals surface area (Å²) in [5, 5.41) is 6.96. The Morgan fingerprint density at radius 1 is 1.19 bits per heavy atom. The van der Waals surface area contributed by atoms with Gasteiger partial charge in [0, 0.05) is 24.0 Å². The minimum absolute atomic E-state index is 0.0725. The van der Waals surface area contributed by atoms with Gasteiger partial charge in [-0.15, -0.1) is 0 Å². The summed E-state index contributed by atoms with van der Waals surface area (Å²) in [6.45, 7) is 0. The van der Waals surface area contributed by atoms with Crippen molar-refractivity contribution in [3.63, 3.8) is 0 Å². The molecule has 0 aliphatic carbocycles. The van der Waals surface area contributed by atoms with Gasteiger partial charge in [0.1, 0.15) is 23.1 Å². The molecule has 1 aromatic heterocycles. The Bertz CT molecular complexity index is 983. The van der Waals surface area contributed by atoms with Crippen molar-refractivity contribution < 1.29 is 18.3 Å². The fourth-order valence-corrected chi connectivity index (χ4v) is 3.19. The average Bonchev–Trinajstić information content (AvgIpc) is 3.04. The fourth-order valence-electron chi connectivity index (χ4n) is 3.19. The molecule has 1 N–H and O–H groups in total. The molecule has 1 unspecified atom stereocenters. The van der Waals surface area contributed by atoms with Crippen molar-refractivity contribution in [1.82, 2.24) is 9.78 Å². The number of benzene rings is 2. The first-order chi connectivity index (χ1) is 12.6. The van der Waals surface area contributed by atoms with E-state index in [0.717, 1.165) is 29.0 Å². The quantitative estimate of drug-likeness (QED) is 0.781. The number of nitrogens with zero attached hydrogens (tertiary/aromatic N) is 2. The second kappa shape index (κ2) is 6.25. The van der Waals surface area contributed by atoms with E-state index in [1.165, 1.54) is 10.7 Å². The van der Waals surface area contributed by atoms with Crippen LogP contribution in [0.5, 0.6) is 5.75 Å². The van der Waals surface area contributed by atoms with Gasteiger partial charge in [-0.3, -0.25) is 4.79 Å². The molecule has 2 heterocycles. The summed E-state index contributed by atoms with van der Waals surface area (Å²) >= 11 is 0. The highest BCUT2D eigenvalue weighted by molar-refractivity contribution is 5.94. The molecule has 0 bridgehead atoms. The summed E-state index contributed by atoms with van der Waals surface area (Å²) < 4.78 is 33.8. The zero-order valence-electron chi connectivity index (χ0n) is 13.9. The van der Waals surface area contributed by atoms with Gasteiger partial charge in [0.05, 0.1) is 13.3 Å². The molecule has 1 amide bonds. The van der Waals surface area contributed by atoms with Gasteiger partial charge in [0.2, 0.25) is 5.91 Å². The molecule has 1 atom stereocenters. The van der Waals surface area contributed by atoms with Crippen molar-refractivity contribution in [2.45, 2.75) is 12.3 Å². The lowest BCUT2D eigenvalue weighted by atomic mass is 9.87. The molecule has 0 fully saturated rings. The zero-order chi connectivity index (χ0) is 18.3. The maximum absolute atomic E-state index is 14.2. The van der Waals surface area contributed by atoms with E-state index in [1.54, 1.807) is 13.3 Å². The van der Waals surface area contributed by atoms with Crippen LogP contribution in [0.3, 0.4) is 0 Å². The van der Waals surface area contributed by atoms with Crippen LogP contribution in [0.15, 0.2) is 48.7 Å². The number of hydrogen-bond donors (Lipinski definition) is 1. The number of methoxy groups -OCH3 is 1. The molecule has 0 radical (unpaired) electrons. The van der Waals surface area contributed by atoms with Crippen LogP contribution in [0.4, 0.5) is 14.6 Å². The van der Waals surface area contributed by atoms with Crippen LogP contribution >= 0.6 is 0 Å². The monoisotopic (exact) mass is 355 g/mol. The Morgan fingerprint density at radius 2 is 1.96 bits per heavy atom. The van der Waals surface area contributed by atoms with Gasteiger partial charge in [-0.25, -0.2) is 13.5 Å². The lowest BCUT2D eigenvalue weighted by molar-refractivity contribution is -0.116. The van der Waals surface area contributed by atoms with Gasteiger partial charge in [-0.05, 0) is 29.8 Å². The highest BCUT2D eigenvalue weighted by atomic mass is 19.1. The lowest BCUT2D eigenvalue weighted by Crippen LogP contribution is -2.24. The van der Waals surface area contributed by atoms with Crippen molar-refractivity contribution in [2.75, 3.05) is 12.4 Å². The SMILES string of the molecule is COc1ccc(C2CC(=O)Nc3c2cnn3-c2ccc(F)cc2F)cc1. The van der Waals surface area contributed by atoms with Gasteiger partial charge in [0.25, 0.3) is 0 Å². The molecule has 7 heteroatoms. The number of hydrogen-bond acceptors (Lipinski definition) is 3. The summed E-state index contributed by atoms with van der Waals surface area (Å²) in [4.78, 5) is 12.2. The number of halogens is 2. The lowest BCUT2D eigenvalue weighted by Gasteiger charge is -2.24. The summed E-state index contributed by atoms with van der Waals surface area (Å²) in [5.41, 5.74) is 1.78. The zero-order valence-corrected chi connectivity index (χ0v) is 13.9. The van der Waals surface area contributed by atoms with Gasteiger partial charge in [-0.1, -0.05) is 12.1 Å². The van der Waals surface area contributed by atoms with E-state index in [-0.39, 0.29) is 23.9 Å². The van der Waals surface area contributed by atoms with E-state index in [9.17, 15) is 13.6 Å². The van der Waals surface area contributed by atoms with Crippen molar-refractivity contribution in [3.8, 4) is 11.4 Å². The highest BCUT2D eigenvalue weighted by Crippen LogP contribution is 2.38. The predicted octanol–water partition coefficient (Wildman–Crippen LogP) is 3.63. The van der Waals surface area contributed by atoms with Crippen molar-refractivity contribution >= 4 is 11.7 Å². The Balaban J connectivity index is 1.79. The van der Waals surface area contributed by atoms with Crippen LogP contribution in [-0.4, -0.2) is 22.8 Å². The second-order valence-electron chi connectivity index (χ2n) is 6.03. The van der Waals surface area contributed by atoms with Crippen LogP contribution in [0.1, 0.15) is 23.5 Å². The van der Waals surface area contributed by atoms with Gasteiger partial charge >= 0.3 is 0 Å². The van der Waals surface area contributed by atoms with E-state index in [2.05, 4.69) is 10.4 Å². The number of rotatable bonds is 3. The van der Waals surface area contributed by atoms with E-state index >= 15 is 0 Å². The van der Waals surface area contributed by atoms with E-state index in [0.29, 0.717) is 5.82 Å². The second-order valence-corrected chi connectivity index (χ2v) is 6.03. The Hall–Kier alpha value is -3.22. The molecule has 0 saturated carbocycles. The number of anilines is 1. The number of ether oxygens (including phenoxy) is 1. The van der Waals surface area contributed by atoms with Crippen molar-refractivity contribution in [2.24, 2.45) is 0 Å². The van der Waals surface area contributed by atoms with Crippen LogP contribution in [0, 0.1) is 11.6 Å². The number of carbonyl (C=O) groups is 1. The van der Waals surface area contributed by atoms with Gasteiger partial charge in [0.15, 0.2) is 5.82 Å². The molecule has 0 saturated heterocycles. The Kier molecular flexibility index (Phi) is 3.91. The average molecular weight is 355 g/mol. The van der Waals surface area contributed by atoms with E-state index in [4.69, 9.17) is 4.74 Å². The minimum atomic E-state index is -0.753. The Labute approximate surface area is 148 Å². The predicted molar refractivity (Wildman–Crippen MR) is 91.6 cm³/mol. The molecule has 4 rings (SSSR count). The third-order valence-electron chi connectivity index (χ3n) is 4.48. The number of aromatic nitrogens is 2. The molecule has 1 aliphatic rings. The van der Waals surface area contributed by atoms with Crippen LogP contribution < -0.4 is 10.1 Å². The Morgan fingerprint density at radius 3 is 2.65 bits per heavy atom. The standard InChI is InChI=1S/C19H15F2N3O2/c1-26-13-5-2-11(3-6-13)14-9-18(25)23-19-15(14)10-22-24(19)17-7-4-12(20)8-16(17)21/h2-8,10,14H,9H2,1H3,(H,23,25). The van der Waals surface area contributed by atoms with Gasteiger partial charge < -0.3 is 10.1 Å². The number of amides is 1. The number of carbonyl (C=O) groups excluding carboxylic acids is 1. The van der Waals surface area contributed by atoms with Crippen LogP contribution in [0.25, 0.3) is 5.69 Å². The summed E-state index contributed by atoms with van der Waals surface area (Å²) in [7, 11) is 1.59. The molecule has 26 heavy (non-hydrogen) atoms. The number of nitrogens with one attached hydrogen (secondary N) is 1. The normalized spacial score (nSPS) is 16.1. The van der Waals surface area contributed by atoms with E-state index in [1.807, 2.05) is 24.3 Å². The maximum Gasteiger partial charge on any atom is 0.226 e.